The molecule has 0 amide bonds. The van der Waals surface area contributed by atoms with Gasteiger partial charge >= 0.3 is 0 Å². The number of hydrogen-bond acceptors (Lipinski definition) is 1. The van der Waals surface area contributed by atoms with E-state index in [1.54, 1.807) is 0 Å². The lowest BCUT2D eigenvalue weighted by Gasteiger charge is -2.29. The number of nitrogens with zero attached hydrogens (tertiary/aromatic N) is 1. The summed E-state index contributed by atoms with van der Waals surface area (Å²) in [5, 5.41) is 0. The summed E-state index contributed by atoms with van der Waals surface area (Å²) in [6, 6.07) is 4.44. The molecule has 82 valence electrons. The Bertz CT molecular complexity index is 365. The molecular weight excluding hydrogens is 273 g/mol. The van der Waals surface area contributed by atoms with Gasteiger partial charge in [0.05, 0.1) is 0 Å². The summed E-state index contributed by atoms with van der Waals surface area (Å²) in [7, 11) is 0. The van der Waals surface area contributed by atoms with E-state index in [9.17, 15) is 0 Å². The molecule has 1 heterocycles. The number of hydrogen-bond donors (Lipinski definition) is 0. The number of fused-ring (bicyclic) bond motifs is 1. The van der Waals surface area contributed by atoms with Crippen LogP contribution in [-0.4, -0.2) is 23.9 Å². The first-order chi connectivity index (χ1) is 7.20. The predicted octanol–water partition coefficient (Wildman–Crippen LogP) is 3.35. The van der Waals surface area contributed by atoms with Gasteiger partial charge in [-0.05, 0) is 42.2 Å². The summed E-state index contributed by atoms with van der Waals surface area (Å²) in [4.78, 5) is 2.42. The van der Waals surface area contributed by atoms with E-state index in [1.165, 1.54) is 21.2 Å². The minimum Gasteiger partial charge on any atom is -0.298 e. The largest absolute Gasteiger partial charge is 0.298 e. The summed E-state index contributed by atoms with van der Waals surface area (Å²) in [5.41, 5.74) is 4.40. The Hall–Kier alpha value is -0.0500. The predicted molar refractivity (Wildman–Crippen MR) is 68.6 cm³/mol. The maximum atomic E-state index is 5.77. The summed E-state index contributed by atoms with van der Waals surface area (Å²) in [6.45, 7) is 5.37. The maximum absolute atomic E-state index is 5.77. The van der Waals surface area contributed by atoms with Crippen LogP contribution in [0.15, 0.2) is 16.6 Å². The van der Waals surface area contributed by atoms with E-state index >= 15 is 0 Å². The van der Waals surface area contributed by atoms with Gasteiger partial charge in [-0.25, -0.2) is 0 Å². The quantitative estimate of drug-likeness (QED) is 0.754. The molecule has 1 nitrogen and oxygen atoms in total. The van der Waals surface area contributed by atoms with Crippen molar-refractivity contribution >= 4 is 27.5 Å². The van der Waals surface area contributed by atoms with Crippen LogP contribution < -0.4 is 0 Å². The van der Waals surface area contributed by atoms with Gasteiger partial charge in [-0.1, -0.05) is 15.9 Å². The SMILES string of the molecule is Cc1cc(Br)cc2c1CCN(CCCl)C2. The zero-order valence-electron chi connectivity index (χ0n) is 8.89. The lowest BCUT2D eigenvalue weighted by molar-refractivity contribution is 0.269. The van der Waals surface area contributed by atoms with Crippen LogP contribution in [0.1, 0.15) is 16.7 Å². The van der Waals surface area contributed by atoms with Gasteiger partial charge < -0.3 is 0 Å². The third-order valence-corrected chi connectivity index (χ3v) is 3.63. The van der Waals surface area contributed by atoms with Crippen molar-refractivity contribution in [2.24, 2.45) is 0 Å². The number of aryl methyl sites for hydroxylation is 1. The number of halogens is 2. The Morgan fingerprint density at radius 2 is 2.27 bits per heavy atom. The van der Waals surface area contributed by atoms with E-state index in [0.29, 0.717) is 0 Å². The molecule has 0 unspecified atom stereocenters. The van der Waals surface area contributed by atoms with E-state index in [4.69, 9.17) is 11.6 Å². The van der Waals surface area contributed by atoms with Crippen LogP contribution in [0.3, 0.4) is 0 Å². The van der Waals surface area contributed by atoms with Crippen molar-refractivity contribution in [1.82, 2.24) is 4.90 Å². The van der Waals surface area contributed by atoms with E-state index < -0.39 is 0 Å². The standard InChI is InChI=1S/C12H15BrClN/c1-9-6-11(13)7-10-8-15(5-3-14)4-2-12(9)10/h6-7H,2-5,8H2,1H3. The molecule has 1 aromatic rings. The van der Waals surface area contributed by atoms with Crippen molar-refractivity contribution in [3.63, 3.8) is 0 Å². The fraction of sp³-hybridized carbons (Fsp3) is 0.500. The second kappa shape index (κ2) is 4.86. The molecule has 0 aromatic heterocycles. The van der Waals surface area contributed by atoms with Gasteiger partial charge in [-0.3, -0.25) is 4.90 Å². The molecule has 3 heteroatoms. The van der Waals surface area contributed by atoms with Crippen LogP contribution in [0.2, 0.25) is 0 Å². The van der Waals surface area contributed by atoms with Crippen molar-refractivity contribution in [3.8, 4) is 0 Å². The van der Waals surface area contributed by atoms with E-state index in [1.807, 2.05) is 0 Å². The summed E-state index contributed by atoms with van der Waals surface area (Å²) in [6.07, 6.45) is 1.16. The van der Waals surface area contributed by atoms with Gasteiger partial charge in [-0.2, -0.15) is 0 Å². The number of alkyl halides is 1. The first-order valence-electron chi connectivity index (χ1n) is 5.27. The molecule has 0 radical (unpaired) electrons. The Morgan fingerprint density at radius 1 is 1.47 bits per heavy atom. The van der Waals surface area contributed by atoms with Gasteiger partial charge in [0.15, 0.2) is 0 Å². The van der Waals surface area contributed by atoms with Crippen molar-refractivity contribution in [1.29, 1.82) is 0 Å². The van der Waals surface area contributed by atoms with Gasteiger partial charge in [0.2, 0.25) is 0 Å². The van der Waals surface area contributed by atoms with Crippen molar-refractivity contribution in [2.45, 2.75) is 19.9 Å². The topological polar surface area (TPSA) is 3.24 Å². The van der Waals surface area contributed by atoms with Crippen molar-refractivity contribution < 1.29 is 0 Å². The molecule has 1 aromatic carbocycles. The summed E-state index contributed by atoms with van der Waals surface area (Å²) in [5.74, 6) is 0.725. The Morgan fingerprint density at radius 3 is 3.00 bits per heavy atom. The average Bonchev–Trinajstić information content (AvgIpc) is 2.17. The minimum absolute atomic E-state index is 0.725. The van der Waals surface area contributed by atoms with Crippen LogP contribution in [0, 0.1) is 6.92 Å². The smallest absolute Gasteiger partial charge is 0.0351 e. The van der Waals surface area contributed by atoms with Crippen LogP contribution in [-0.2, 0) is 13.0 Å². The lowest BCUT2D eigenvalue weighted by atomic mass is 9.95. The zero-order chi connectivity index (χ0) is 10.8. The Kier molecular flexibility index (Phi) is 3.70. The highest BCUT2D eigenvalue weighted by molar-refractivity contribution is 9.10. The molecule has 0 saturated heterocycles. The Balaban J connectivity index is 2.25. The van der Waals surface area contributed by atoms with Gasteiger partial charge in [0.1, 0.15) is 0 Å². The summed E-state index contributed by atoms with van der Waals surface area (Å²) >= 11 is 9.33. The highest BCUT2D eigenvalue weighted by Crippen LogP contribution is 2.26. The zero-order valence-corrected chi connectivity index (χ0v) is 11.2. The molecule has 0 N–H and O–H groups in total. The first-order valence-corrected chi connectivity index (χ1v) is 6.59. The second-order valence-corrected chi connectivity index (χ2v) is 5.37. The second-order valence-electron chi connectivity index (χ2n) is 4.08. The lowest BCUT2D eigenvalue weighted by Crippen LogP contribution is -2.32. The molecule has 15 heavy (non-hydrogen) atoms. The highest BCUT2D eigenvalue weighted by atomic mass is 79.9. The fourth-order valence-electron chi connectivity index (χ4n) is 2.24. The molecule has 0 spiro atoms. The average molecular weight is 289 g/mol. The van der Waals surface area contributed by atoms with Crippen molar-refractivity contribution in [2.75, 3.05) is 19.0 Å². The van der Waals surface area contributed by atoms with Crippen LogP contribution in [0.4, 0.5) is 0 Å². The van der Waals surface area contributed by atoms with E-state index in [0.717, 1.165) is 31.9 Å². The third-order valence-electron chi connectivity index (χ3n) is 3.00. The van der Waals surface area contributed by atoms with Crippen LogP contribution in [0.25, 0.3) is 0 Å². The van der Waals surface area contributed by atoms with E-state index in [2.05, 4.69) is 39.9 Å². The van der Waals surface area contributed by atoms with Crippen molar-refractivity contribution in [3.05, 3.63) is 33.3 Å². The number of benzene rings is 1. The molecule has 0 bridgehead atoms. The molecule has 2 rings (SSSR count). The van der Waals surface area contributed by atoms with Gasteiger partial charge in [0.25, 0.3) is 0 Å². The summed E-state index contributed by atoms with van der Waals surface area (Å²) < 4.78 is 1.19. The molecule has 1 aliphatic rings. The maximum Gasteiger partial charge on any atom is 0.0351 e. The molecule has 0 fully saturated rings. The van der Waals surface area contributed by atoms with Crippen LogP contribution in [0.5, 0.6) is 0 Å². The Labute approximate surface area is 105 Å². The number of rotatable bonds is 2. The minimum atomic E-state index is 0.725. The molecular formula is C12H15BrClN. The molecule has 0 aliphatic carbocycles. The fourth-order valence-corrected chi connectivity index (χ4v) is 3.10. The normalized spacial score (nSPS) is 16.5. The monoisotopic (exact) mass is 287 g/mol. The third kappa shape index (κ3) is 2.55. The van der Waals surface area contributed by atoms with Crippen LogP contribution >= 0.6 is 27.5 Å². The van der Waals surface area contributed by atoms with Gasteiger partial charge in [-0.15, -0.1) is 11.6 Å². The molecule has 1 aliphatic heterocycles. The van der Waals surface area contributed by atoms with Gasteiger partial charge in [0, 0.05) is 30.0 Å². The molecule has 0 saturated carbocycles. The molecule has 0 atom stereocenters. The highest BCUT2D eigenvalue weighted by Gasteiger charge is 2.17. The first kappa shape index (κ1) is 11.4. The van der Waals surface area contributed by atoms with E-state index in [-0.39, 0.29) is 0 Å².